The topological polar surface area (TPSA) is 126 Å². The Morgan fingerprint density at radius 3 is 2.62 bits per heavy atom. The molecule has 2 rings (SSSR count). The summed E-state index contributed by atoms with van der Waals surface area (Å²) in [4.78, 5) is 12.7. The van der Waals surface area contributed by atoms with E-state index in [0.29, 0.717) is 5.70 Å². The fourth-order valence-corrected chi connectivity index (χ4v) is 1.95. The van der Waals surface area contributed by atoms with Crippen LogP contribution >= 0.6 is 7.75 Å². The minimum atomic E-state index is -4.23. The lowest BCUT2D eigenvalue weighted by Crippen LogP contribution is -2.10. The Balaban J connectivity index is 0.00000220. The summed E-state index contributed by atoms with van der Waals surface area (Å²) in [6.07, 6.45) is 7.37. The molecule has 8 nitrogen and oxygen atoms in total. The molecule has 0 saturated heterocycles. The molecule has 0 radical (unpaired) electrons. The number of benzene rings is 1. The van der Waals surface area contributed by atoms with Crippen LogP contribution in [0.5, 0.6) is 5.75 Å². The van der Waals surface area contributed by atoms with Crippen LogP contribution in [0.15, 0.2) is 76.7 Å². The van der Waals surface area contributed by atoms with Gasteiger partial charge in [0.05, 0.1) is 11.9 Å². The van der Waals surface area contributed by atoms with E-state index in [2.05, 4.69) is 10.00 Å². The lowest BCUT2D eigenvalue weighted by Gasteiger charge is -2.13. The lowest BCUT2D eigenvalue weighted by molar-refractivity contribution is -0.000518. The Kier molecular flexibility index (Phi) is 6.01. The quantitative estimate of drug-likeness (QED) is 0.652. The summed E-state index contributed by atoms with van der Waals surface area (Å²) in [5, 5.41) is 13.7. The van der Waals surface area contributed by atoms with Crippen molar-refractivity contribution in [1.29, 1.82) is 0 Å². The molecule has 1 unspecified atom stereocenters. The first-order chi connectivity index (χ1) is 9.57. The van der Waals surface area contributed by atoms with Gasteiger partial charge in [0.2, 0.25) is 0 Å². The Morgan fingerprint density at radius 1 is 1.24 bits per heavy atom. The Morgan fingerprint density at radius 2 is 1.95 bits per heavy atom. The summed E-state index contributed by atoms with van der Waals surface area (Å²) in [5.74, 6) is 0.217. The Bertz CT molecular complexity index is 627. The molecule has 1 aliphatic rings. The van der Waals surface area contributed by atoms with Crippen LogP contribution in [0.25, 0.3) is 0 Å². The van der Waals surface area contributed by atoms with Crippen LogP contribution in [-0.4, -0.2) is 20.6 Å². The van der Waals surface area contributed by atoms with Gasteiger partial charge in [-0.15, -0.1) is 5.11 Å². The summed E-state index contributed by atoms with van der Waals surface area (Å²) >= 11 is 0. The van der Waals surface area contributed by atoms with Crippen LogP contribution in [0, 0.1) is 0 Å². The van der Waals surface area contributed by atoms with E-state index in [4.69, 9.17) is 4.52 Å². The van der Waals surface area contributed by atoms with Crippen molar-refractivity contribution >= 4 is 7.75 Å². The minimum absolute atomic E-state index is 0. The summed E-state index contributed by atoms with van der Waals surface area (Å²) in [6.45, 7) is 0. The molecule has 0 aromatic heterocycles. The van der Waals surface area contributed by atoms with Crippen LogP contribution in [0.2, 0.25) is 0 Å². The third-order valence-corrected chi connectivity index (χ3v) is 2.97. The highest BCUT2D eigenvalue weighted by molar-refractivity contribution is 7.51. The molecule has 1 heterocycles. The van der Waals surface area contributed by atoms with Crippen molar-refractivity contribution in [3.05, 3.63) is 66.7 Å². The molecular formula is C12H14N3O5P. The molecule has 4 N–H and O–H groups in total. The van der Waals surface area contributed by atoms with E-state index in [9.17, 15) is 14.7 Å². The highest BCUT2D eigenvalue weighted by Crippen LogP contribution is 2.44. The van der Waals surface area contributed by atoms with Gasteiger partial charge in [0.25, 0.3) is 0 Å². The molecule has 0 aliphatic carbocycles. The van der Waals surface area contributed by atoms with Crippen molar-refractivity contribution < 1.29 is 24.7 Å². The third-order valence-electron chi connectivity index (χ3n) is 2.19. The maximum absolute atomic E-state index is 11.6. The van der Waals surface area contributed by atoms with Crippen LogP contribution in [0.3, 0.4) is 0 Å². The van der Waals surface area contributed by atoms with E-state index in [1.54, 1.807) is 36.4 Å². The SMILES string of the molecule is O.O=P(O)(N=NC=C1C=CC=CN1O)Oc1ccccc1. The number of hydrogen-bond donors (Lipinski definition) is 2. The normalized spacial score (nSPS) is 18.6. The zero-order valence-electron chi connectivity index (χ0n) is 10.8. The van der Waals surface area contributed by atoms with Crippen molar-refractivity contribution in [3.63, 3.8) is 0 Å². The van der Waals surface area contributed by atoms with Crippen molar-refractivity contribution in [3.8, 4) is 5.75 Å². The molecule has 21 heavy (non-hydrogen) atoms. The van der Waals surface area contributed by atoms with Crippen LogP contribution in [0.1, 0.15) is 0 Å². The molecule has 1 aliphatic heterocycles. The predicted octanol–water partition coefficient (Wildman–Crippen LogP) is 2.41. The van der Waals surface area contributed by atoms with Crippen LogP contribution in [-0.2, 0) is 4.57 Å². The Labute approximate surface area is 120 Å². The second kappa shape index (κ2) is 7.51. The van der Waals surface area contributed by atoms with Crippen LogP contribution < -0.4 is 4.52 Å². The first kappa shape index (κ1) is 16.8. The highest BCUT2D eigenvalue weighted by Gasteiger charge is 2.20. The first-order valence-electron chi connectivity index (χ1n) is 5.60. The van der Waals surface area contributed by atoms with Crippen molar-refractivity contribution in [1.82, 2.24) is 5.06 Å². The van der Waals surface area contributed by atoms with E-state index in [0.717, 1.165) is 11.3 Å². The molecule has 0 bridgehead atoms. The van der Waals surface area contributed by atoms with Gasteiger partial charge in [-0.1, -0.05) is 29.2 Å². The van der Waals surface area contributed by atoms with E-state index in [1.165, 1.54) is 18.3 Å². The standard InChI is InChI=1S/C12H12N3O4P.H2O/c16-15-9-5-4-6-11(15)10-13-14-20(17,18)19-12-7-2-1-3-8-12;/h1-10,16H,(H,17,18);1H2. The molecule has 0 saturated carbocycles. The fraction of sp³-hybridized carbons (Fsp3) is 0. The van der Waals surface area contributed by atoms with Crippen LogP contribution in [0.4, 0.5) is 0 Å². The minimum Gasteiger partial charge on any atom is -0.412 e. The number of nitrogens with zero attached hydrogens (tertiary/aromatic N) is 3. The van der Waals surface area contributed by atoms with Gasteiger partial charge in [-0.05, 0) is 24.3 Å². The number of hydrogen-bond acceptors (Lipinski definition) is 5. The van der Waals surface area contributed by atoms with Gasteiger partial charge in [0.1, 0.15) is 5.75 Å². The maximum Gasteiger partial charge on any atom is 0.523 e. The van der Waals surface area contributed by atoms with E-state index in [1.807, 2.05) is 0 Å². The molecule has 9 heteroatoms. The second-order valence-corrected chi connectivity index (χ2v) is 5.04. The zero-order chi connectivity index (χ0) is 14.4. The average Bonchev–Trinajstić information content (AvgIpc) is 2.41. The van der Waals surface area contributed by atoms with Gasteiger partial charge in [0, 0.05) is 6.20 Å². The summed E-state index contributed by atoms with van der Waals surface area (Å²) < 4.78 is 16.5. The predicted molar refractivity (Wildman–Crippen MR) is 75.4 cm³/mol. The number of allylic oxidation sites excluding steroid dienone is 3. The van der Waals surface area contributed by atoms with E-state index < -0.39 is 7.75 Å². The van der Waals surface area contributed by atoms with Gasteiger partial charge in [-0.3, -0.25) is 10.1 Å². The summed E-state index contributed by atoms with van der Waals surface area (Å²) in [7, 11) is -4.23. The van der Waals surface area contributed by atoms with Gasteiger partial charge in [0.15, 0.2) is 0 Å². The fourth-order valence-electron chi connectivity index (χ4n) is 1.34. The summed E-state index contributed by atoms with van der Waals surface area (Å²) in [5.41, 5.74) is 0.302. The lowest BCUT2D eigenvalue weighted by atomic mass is 10.3. The number of para-hydroxylation sites is 1. The largest absolute Gasteiger partial charge is 0.523 e. The highest BCUT2D eigenvalue weighted by atomic mass is 31.2. The molecule has 1 aromatic carbocycles. The number of rotatable bonds is 4. The van der Waals surface area contributed by atoms with Crippen molar-refractivity contribution in [2.75, 3.05) is 0 Å². The number of hydroxylamine groups is 2. The maximum atomic E-state index is 11.6. The van der Waals surface area contributed by atoms with E-state index >= 15 is 0 Å². The van der Waals surface area contributed by atoms with E-state index in [-0.39, 0.29) is 11.2 Å². The van der Waals surface area contributed by atoms with Gasteiger partial charge >= 0.3 is 7.75 Å². The van der Waals surface area contributed by atoms with Gasteiger partial charge in [-0.25, -0.2) is 9.63 Å². The Hall–Kier alpha value is -2.25. The van der Waals surface area contributed by atoms with Gasteiger partial charge in [-0.2, -0.15) is 0 Å². The molecule has 0 fully saturated rings. The van der Waals surface area contributed by atoms with Crippen molar-refractivity contribution in [2.45, 2.75) is 0 Å². The van der Waals surface area contributed by atoms with Crippen molar-refractivity contribution in [2.24, 2.45) is 10.00 Å². The molecule has 112 valence electrons. The monoisotopic (exact) mass is 311 g/mol. The third kappa shape index (κ3) is 5.33. The molecule has 0 amide bonds. The zero-order valence-corrected chi connectivity index (χ0v) is 11.7. The molecule has 0 spiro atoms. The second-order valence-electron chi connectivity index (χ2n) is 3.70. The van der Waals surface area contributed by atoms with Gasteiger partial charge < -0.3 is 10.00 Å². The smallest absolute Gasteiger partial charge is 0.412 e. The molecule has 1 atom stereocenters. The molecule has 1 aromatic rings. The average molecular weight is 311 g/mol. The first-order valence-corrected chi connectivity index (χ1v) is 7.13. The molecular weight excluding hydrogens is 297 g/mol. The summed E-state index contributed by atoms with van der Waals surface area (Å²) in [6, 6.07) is 8.14.